The number of ether oxygens (including phenoxy) is 4. The summed E-state index contributed by atoms with van der Waals surface area (Å²) in [6, 6.07) is 25.0. The van der Waals surface area contributed by atoms with E-state index in [0.717, 1.165) is 58.9 Å². The van der Waals surface area contributed by atoms with Gasteiger partial charge in [-0.15, -0.1) is 0 Å². The van der Waals surface area contributed by atoms with Crippen LogP contribution in [0.3, 0.4) is 0 Å². The predicted molar refractivity (Wildman–Crippen MR) is 142 cm³/mol. The smallest absolute Gasteiger partial charge is 0.123 e. The summed E-state index contributed by atoms with van der Waals surface area (Å²) in [5.74, 6) is 5.59. The van der Waals surface area contributed by atoms with Crippen LogP contribution in [0.25, 0.3) is 0 Å². The molecular weight excluding hydrogens is 464 g/mol. The second kappa shape index (κ2) is 14.3. The molecular formula is C28H32O4S2. The molecule has 0 saturated heterocycles. The molecule has 1 aliphatic heterocycles. The molecule has 0 spiro atoms. The second-order valence-corrected chi connectivity index (χ2v) is 10.2. The van der Waals surface area contributed by atoms with Crippen LogP contribution >= 0.6 is 23.5 Å². The molecule has 4 nitrogen and oxygen atoms in total. The maximum Gasteiger partial charge on any atom is 0.123 e. The second-order valence-electron chi connectivity index (χ2n) is 7.94. The number of hydrogen-bond donors (Lipinski definition) is 0. The van der Waals surface area contributed by atoms with Crippen LogP contribution in [-0.4, -0.2) is 37.9 Å². The molecule has 3 aromatic rings. The van der Waals surface area contributed by atoms with Crippen molar-refractivity contribution in [1.29, 1.82) is 0 Å². The molecule has 0 fully saturated rings. The van der Waals surface area contributed by atoms with Gasteiger partial charge >= 0.3 is 0 Å². The lowest BCUT2D eigenvalue weighted by Gasteiger charge is -2.13. The highest BCUT2D eigenvalue weighted by Gasteiger charge is 2.07. The predicted octanol–water partition coefficient (Wildman–Crippen LogP) is 6.36. The van der Waals surface area contributed by atoms with Gasteiger partial charge in [-0.3, -0.25) is 0 Å². The summed E-state index contributed by atoms with van der Waals surface area (Å²) in [4.78, 5) is 0. The summed E-state index contributed by atoms with van der Waals surface area (Å²) in [5, 5.41) is 0. The first kappa shape index (κ1) is 25.0. The highest BCUT2D eigenvalue weighted by molar-refractivity contribution is 7.98. The van der Waals surface area contributed by atoms with Gasteiger partial charge in [0.1, 0.15) is 24.7 Å². The van der Waals surface area contributed by atoms with E-state index in [9.17, 15) is 0 Å². The van der Waals surface area contributed by atoms with E-state index in [1.54, 1.807) is 0 Å². The van der Waals surface area contributed by atoms with Crippen molar-refractivity contribution >= 4 is 23.5 Å². The zero-order chi connectivity index (χ0) is 23.3. The van der Waals surface area contributed by atoms with Gasteiger partial charge in [-0.1, -0.05) is 54.6 Å². The van der Waals surface area contributed by atoms with Crippen molar-refractivity contribution in [2.24, 2.45) is 0 Å². The standard InChI is InChI=1S/C28H32O4S2/c1-3-10-27-25(8-1)21-33-16-14-29-12-13-30-15-17-34-22-26-9-2-4-11-28(26)32-20-24-7-5-6-23(18-24)19-31-27/h1-11,18H,12-17,19-22H2. The molecule has 180 valence electrons. The molecule has 0 amide bonds. The van der Waals surface area contributed by atoms with E-state index >= 15 is 0 Å². The largest absolute Gasteiger partial charge is 0.489 e. The monoisotopic (exact) mass is 496 g/mol. The quantitative estimate of drug-likeness (QED) is 0.361. The number of para-hydroxylation sites is 2. The lowest BCUT2D eigenvalue weighted by molar-refractivity contribution is 0.0605. The number of fused-ring (bicyclic) bond motifs is 4. The third-order valence-corrected chi connectivity index (χ3v) is 7.30. The number of hydrogen-bond acceptors (Lipinski definition) is 6. The minimum absolute atomic E-state index is 0.534. The zero-order valence-corrected chi connectivity index (χ0v) is 21.1. The maximum atomic E-state index is 6.20. The topological polar surface area (TPSA) is 36.9 Å². The number of benzene rings is 3. The molecule has 2 bridgehead atoms. The first-order valence-corrected chi connectivity index (χ1v) is 14.0. The summed E-state index contributed by atoms with van der Waals surface area (Å²) < 4.78 is 23.8. The van der Waals surface area contributed by atoms with Gasteiger partial charge in [0.15, 0.2) is 0 Å². The van der Waals surface area contributed by atoms with E-state index in [1.807, 2.05) is 47.8 Å². The fraction of sp³-hybridized carbons (Fsp3) is 0.357. The average molecular weight is 497 g/mol. The van der Waals surface area contributed by atoms with E-state index < -0.39 is 0 Å². The first-order chi connectivity index (χ1) is 16.9. The van der Waals surface area contributed by atoms with Gasteiger partial charge in [0.25, 0.3) is 0 Å². The van der Waals surface area contributed by atoms with Crippen LogP contribution in [0, 0.1) is 0 Å². The van der Waals surface area contributed by atoms with E-state index in [0.29, 0.717) is 26.4 Å². The Labute approximate surface area is 211 Å². The normalized spacial score (nSPS) is 16.8. The molecule has 0 aromatic heterocycles. The Morgan fingerprint density at radius 2 is 1.03 bits per heavy atom. The summed E-state index contributed by atoms with van der Waals surface area (Å²) in [6.45, 7) is 3.81. The van der Waals surface area contributed by atoms with Crippen LogP contribution in [0.15, 0.2) is 72.8 Å². The molecule has 4 rings (SSSR count). The van der Waals surface area contributed by atoms with Crippen LogP contribution in [0.5, 0.6) is 11.5 Å². The SMILES string of the molecule is c1cc2cc(c1)COc1ccccc1CSCCOCCOCCSCc1ccccc1OC2. The summed E-state index contributed by atoms with van der Waals surface area (Å²) in [5.41, 5.74) is 4.70. The minimum atomic E-state index is 0.534. The third kappa shape index (κ3) is 8.27. The maximum absolute atomic E-state index is 6.20. The van der Waals surface area contributed by atoms with Crippen molar-refractivity contribution in [3.63, 3.8) is 0 Å². The average Bonchev–Trinajstić information content (AvgIpc) is 2.88. The number of rotatable bonds is 0. The van der Waals surface area contributed by atoms with Crippen molar-refractivity contribution in [3.8, 4) is 11.5 Å². The Kier molecular flexibility index (Phi) is 10.5. The van der Waals surface area contributed by atoms with Crippen molar-refractivity contribution in [3.05, 3.63) is 95.1 Å². The van der Waals surface area contributed by atoms with Crippen molar-refractivity contribution in [2.45, 2.75) is 24.7 Å². The summed E-state index contributed by atoms with van der Waals surface area (Å²) in [7, 11) is 0. The molecule has 0 atom stereocenters. The van der Waals surface area contributed by atoms with Gasteiger partial charge in [-0.05, 0) is 29.3 Å². The lowest BCUT2D eigenvalue weighted by Crippen LogP contribution is -2.08. The van der Waals surface area contributed by atoms with E-state index in [4.69, 9.17) is 18.9 Å². The Morgan fingerprint density at radius 3 is 1.56 bits per heavy atom. The van der Waals surface area contributed by atoms with Crippen LogP contribution in [-0.2, 0) is 34.2 Å². The highest BCUT2D eigenvalue weighted by atomic mass is 32.2. The van der Waals surface area contributed by atoms with Crippen molar-refractivity contribution in [1.82, 2.24) is 0 Å². The van der Waals surface area contributed by atoms with Gasteiger partial charge in [0, 0.05) is 34.1 Å². The van der Waals surface area contributed by atoms with E-state index in [2.05, 4.69) is 48.5 Å². The molecule has 1 aliphatic rings. The molecule has 0 aliphatic carbocycles. The van der Waals surface area contributed by atoms with Crippen molar-refractivity contribution < 1.29 is 18.9 Å². The number of thioether (sulfide) groups is 2. The van der Waals surface area contributed by atoms with Crippen LogP contribution in [0.4, 0.5) is 0 Å². The molecule has 34 heavy (non-hydrogen) atoms. The molecule has 6 heteroatoms. The fourth-order valence-electron chi connectivity index (χ4n) is 3.58. The first-order valence-electron chi connectivity index (χ1n) is 11.7. The van der Waals surface area contributed by atoms with Gasteiger partial charge in [-0.25, -0.2) is 0 Å². The third-order valence-electron chi connectivity index (χ3n) is 5.36. The molecule has 0 saturated carbocycles. The van der Waals surface area contributed by atoms with E-state index in [1.165, 1.54) is 11.1 Å². The summed E-state index contributed by atoms with van der Waals surface area (Å²) >= 11 is 3.72. The molecule has 0 N–H and O–H groups in total. The molecule has 0 unspecified atom stereocenters. The highest BCUT2D eigenvalue weighted by Crippen LogP contribution is 2.26. The molecule has 0 radical (unpaired) electrons. The Morgan fingerprint density at radius 1 is 0.529 bits per heavy atom. The Bertz CT molecular complexity index is 934. The van der Waals surface area contributed by atoms with Gasteiger partial charge in [-0.2, -0.15) is 23.5 Å². The zero-order valence-electron chi connectivity index (χ0n) is 19.4. The van der Waals surface area contributed by atoms with Crippen LogP contribution in [0.1, 0.15) is 22.3 Å². The van der Waals surface area contributed by atoms with Crippen LogP contribution < -0.4 is 9.47 Å². The van der Waals surface area contributed by atoms with Crippen molar-refractivity contribution in [2.75, 3.05) is 37.9 Å². The van der Waals surface area contributed by atoms with Gasteiger partial charge in [0.05, 0.1) is 26.4 Å². The fourth-order valence-corrected chi connectivity index (χ4v) is 5.26. The minimum Gasteiger partial charge on any atom is -0.489 e. The van der Waals surface area contributed by atoms with Gasteiger partial charge < -0.3 is 18.9 Å². The Hall–Kier alpha value is -2.12. The Balaban J connectivity index is 1.43. The van der Waals surface area contributed by atoms with E-state index in [-0.39, 0.29) is 0 Å². The summed E-state index contributed by atoms with van der Waals surface area (Å²) in [6.07, 6.45) is 0. The molecule has 1 heterocycles. The lowest BCUT2D eigenvalue weighted by atomic mass is 10.1. The van der Waals surface area contributed by atoms with Gasteiger partial charge in [0.2, 0.25) is 0 Å². The van der Waals surface area contributed by atoms with Crippen LogP contribution in [0.2, 0.25) is 0 Å². The molecule has 3 aromatic carbocycles.